The van der Waals surface area contributed by atoms with Crippen LogP contribution in [0.4, 0.5) is 17.6 Å². The van der Waals surface area contributed by atoms with Gasteiger partial charge < -0.3 is 25.3 Å². The number of hydrogen-bond donors (Lipinski definition) is 2. The minimum Gasteiger partial charge on any atom is -0.497 e. The molecule has 1 saturated carbocycles. The highest BCUT2D eigenvalue weighted by Crippen LogP contribution is 2.33. The summed E-state index contributed by atoms with van der Waals surface area (Å²) in [5, 5.41) is 13.4. The zero-order chi connectivity index (χ0) is 23.2. The highest BCUT2D eigenvalue weighted by molar-refractivity contribution is 7.98. The number of benzene rings is 1. The van der Waals surface area contributed by atoms with Crippen LogP contribution in [0.25, 0.3) is 0 Å². The summed E-state index contributed by atoms with van der Waals surface area (Å²) in [6.45, 7) is 0.584. The average molecular weight is 470 g/mol. The van der Waals surface area contributed by atoms with E-state index in [0.29, 0.717) is 30.1 Å². The van der Waals surface area contributed by atoms with Gasteiger partial charge in [-0.2, -0.15) is 15.0 Å². The molecule has 0 amide bonds. The number of hydrogen-bond acceptors (Lipinski definition) is 10. The standard InChI is InChI=1S/C22H31N9OS/c1-30(2)21-26-18(25-20(23)27-21)14-33-22-29-28-19(31(22)16-9-5-4-6-10-16)13-24-15-8-7-11-17(12-15)32-3/h7-8,11-12,16,24H,4-6,9-10,13-14H2,1-3H3,(H2,23,25,26,27). The molecule has 11 heteroatoms. The van der Waals surface area contributed by atoms with E-state index in [-0.39, 0.29) is 5.95 Å². The molecule has 2 aromatic heterocycles. The summed E-state index contributed by atoms with van der Waals surface area (Å²) in [5.41, 5.74) is 6.87. The van der Waals surface area contributed by atoms with Gasteiger partial charge >= 0.3 is 0 Å². The third-order valence-electron chi connectivity index (χ3n) is 5.61. The number of methoxy groups -OCH3 is 1. The Kier molecular flexibility index (Phi) is 7.48. The van der Waals surface area contributed by atoms with Gasteiger partial charge in [0.1, 0.15) is 11.6 Å². The first-order valence-corrected chi connectivity index (χ1v) is 12.1. The Morgan fingerprint density at radius 3 is 2.73 bits per heavy atom. The van der Waals surface area contributed by atoms with Crippen molar-refractivity contribution in [1.82, 2.24) is 29.7 Å². The summed E-state index contributed by atoms with van der Waals surface area (Å²) < 4.78 is 7.63. The van der Waals surface area contributed by atoms with Gasteiger partial charge in [0.2, 0.25) is 11.9 Å². The number of anilines is 3. The molecule has 0 atom stereocenters. The van der Waals surface area contributed by atoms with Crippen LogP contribution >= 0.6 is 11.8 Å². The minimum absolute atomic E-state index is 0.223. The van der Waals surface area contributed by atoms with Crippen molar-refractivity contribution >= 4 is 29.3 Å². The van der Waals surface area contributed by atoms with Gasteiger partial charge in [-0.15, -0.1) is 10.2 Å². The molecule has 1 aromatic carbocycles. The van der Waals surface area contributed by atoms with Gasteiger partial charge in [-0.3, -0.25) is 0 Å². The van der Waals surface area contributed by atoms with Crippen molar-refractivity contribution in [1.29, 1.82) is 0 Å². The Labute approximate surface area is 198 Å². The number of rotatable bonds is 9. The summed E-state index contributed by atoms with van der Waals surface area (Å²) in [6, 6.07) is 8.30. The quantitative estimate of drug-likeness (QED) is 0.450. The highest BCUT2D eigenvalue weighted by Gasteiger charge is 2.23. The zero-order valence-electron chi connectivity index (χ0n) is 19.4. The van der Waals surface area contributed by atoms with Gasteiger partial charge in [0.05, 0.1) is 19.4 Å². The van der Waals surface area contributed by atoms with E-state index in [9.17, 15) is 0 Å². The van der Waals surface area contributed by atoms with Crippen molar-refractivity contribution in [3.05, 3.63) is 35.9 Å². The van der Waals surface area contributed by atoms with Crippen molar-refractivity contribution in [2.24, 2.45) is 0 Å². The van der Waals surface area contributed by atoms with E-state index in [1.54, 1.807) is 18.9 Å². The van der Waals surface area contributed by atoms with Gasteiger partial charge in [0.25, 0.3) is 0 Å². The summed E-state index contributed by atoms with van der Waals surface area (Å²) in [4.78, 5) is 14.8. The molecule has 2 heterocycles. The van der Waals surface area contributed by atoms with E-state index < -0.39 is 0 Å². The van der Waals surface area contributed by atoms with Gasteiger partial charge in [0, 0.05) is 31.9 Å². The first kappa shape index (κ1) is 23.1. The summed E-state index contributed by atoms with van der Waals surface area (Å²) >= 11 is 1.59. The lowest BCUT2D eigenvalue weighted by molar-refractivity contribution is 0.330. The smallest absolute Gasteiger partial charge is 0.229 e. The van der Waals surface area contributed by atoms with Gasteiger partial charge in [-0.25, -0.2) is 0 Å². The van der Waals surface area contributed by atoms with E-state index in [4.69, 9.17) is 10.5 Å². The number of nitrogens with zero attached hydrogens (tertiary/aromatic N) is 7. The van der Waals surface area contributed by atoms with Crippen molar-refractivity contribution in [3.8, 4) is 5.75 Å². The Morgan fingerprint density at radius 1 is 1.15 bits per heavy atom. The molecule has 33 heavy (non-hydrogen) atoms. The van der Waals surface area contributed by atoms with E-state index in [2.05, 4.69) is 35.0 Å². The molecule has 0 spiro atoms. The van der Waals surface area contributed by atoms with Crippen molar-refractivity contribution in [2.45, 2.75) is 55.6 Å². The number of nitrogen functional groups attached to an aromatic ring is 1. The lowest BCUT2D eigenvalue weighted by Crippen LogP contribution is -2.18. The molecular weight excluding hydrogens is 438 g/mol. The van der Waals surface area contributed by atoms with Gasteiger partial charge in [0.15, 0.2) is 11.0 Å². The van der Waals surface area contributed by atoms with Gasteiger partial charge in [-0.1, -0.05) is 37.1 Å². The molecule has 3 aromatic rings. The van der Waals surface area contributed by atoms with E-state index in [1.165, 1.54) is 19.3 Å². The Bertz CT molecular complexity index is 1070. The number of nitrogens with one attached hydrogen (secondary N) is 1. The maximum Gasteiger partial charge on any atom is 0.229 e. The lowest BCUT2D eigenvalue weighted by Gasteiger charge is -2.25. The maximum atomic E-state index is 5.88. The normalized spacial score (nSPS) is 14.3. The van der Waals surface area contributed by atoms with Crippen molar-refractivity contribution < 1.29 is 4.74 Å². The maximum absolute atomic E-state index is 5.88. The second-order valence-corrected chi connectivity index (χ2v) is 9.18. The van der Waals surface area contributed by atoms with Crippen LogP contribution in [0.15, 0.2) is 29.4 Å². The predicted octanol–water partition coefficient (Wildman–Crippen LogP) is 3.53. The minimum atomic E-state index is 0.223. The van der Waals surface area contributed by atoms with Crippen LogP contribution in [-0.2, 0) is 12.3 Å². The topological polar surface area (TPSA) is 120 Å². The van der Waals surface area contributed by atoms with Crippen molar-refractivity contribution in [3.63, 3.8) is 0 Å². The van der Waals surface area contributed by atoms with Crippen LogP contribution in [0.5, 0.6) is 5.75 Å². The molecular formula is C22H31N9OS. The van der Waals surface area contributed by atoms with E-state index in [0.717, 1.165) is 35.3 Å². The van der Waals surface area contributed by atoms with Crippen LogP contribution in [-0.4, -0.2) is 50.9 Å². The highest BCUT2D eigenvalue weighted by atomic mass is 32.2. The fourth-order valence-electron chi connectivity index (χ4n) is 3.97. The van der Waals surface area contributed by atoms with Gasteiger partial charge in [-0.05, 0) is 25.0 Å². The molecule has 0 aliphatic heterocycles. The van der Waals surface area contributed by atoms with Crippen molar-refractivity contribution in [2.75, 3.05) is 37.2 Å². The Hall–Kier alpha value is -3.08. The Balaban J connectivity index is 1.53. The molecule has 0 radical (unpaired) electrons. The number of nitrogens with two attached hydrogens (primary N) is 1. The molecule has 0 unspecified atom stereocenters. The molecule has 1 fully saturated rings. The molecule has 4 rings (SSSR count). The summed E-state index contributed by atoms with van der Waals surface area (Å²) in [5.74, 6) is 3.69. The first-order chi connectivity index (χ1) is 16.0. The third-order valence-corrected chi connectivity index (χ3v) is 6.55. The fraction of sp³-hybridized carbons (Fsp3) is 0.500. The molecule has 1 aliphatic carbocycles. The van der Waals surface area contributed by atoms with Crippen LogP contribution in [0.1, 0.15) is 49.8 Å². The van der Waals surface area contributed by atoms with E-state index >= 15 is 0 Å². The second-order valence-electron chi connectivity index (χ2n) is 8.24. The zero-order valence-corrected chi connectivity index (χ0v) is 20.2. The number of aromatic nitrogens is 6. The predicted molar refractivity (Wildman–Crippen MR) is 131 cm³/mol. The first-order valence-electron chi connectivity index (χ1n) is 11.2. The molecule has 3 N–H and O–H groups in total. The average Bonchev–Trinajstić information content (AvgIpc) is 3.24. The van der Waals surface area contributed by atoms with Crippen LogP contribution < -0.4 is 20.7 Å². The van der Waals surface area contributed by atoms with E-state index in [1.807, 2.05) is 43.3 Å². The number of thioether (sulfide) groups is 1. The molecule has 0 saturated heterocycles. The molecule has 0 bridgehead atoms. The number of ether oxygens (including phenoxy) is 1. The molecule has 10 nitrogen and oxygen atoms in total. The Morgan fingerprint density at radius 2 is 1.97 bits per heavy atom. The summed E-state index contributed by atoms with van der Waals surface area (Å²) in [7, 11) is 5.43. The third kappa shape index (κ3) is 5.84. The fourth-order valence-corrected chi connectivity index (χ4v) is 4.84. The largest absolute Gasteiger partial charge is 0.497 e. The lowest BCUT2D eigenvalue weighted by atomic mass is 9.95. The SMILES string of the molecule is COc1cccc(NCc2nnc(SCc3nc(N)nc(N(C)C)n3)n2C2CCCCC2)c1. The van der Waals surface area contributed by atoms with Crippen LogP contribution in [0, 0.1) is 0 Å². The molecule has 176 valence electrons. The molecule has 1 aliphatic rings. The van der Waals surface area contributed by atoms with Crippen LogP contribution in [0.3, 0.4) is 0 Å². The monoisotopic (exact) mass is 469 g/mol. The summed E-state index contributed by atoms with van der Waals surface area (Å²) in [6.07, 6.45) is 6.02. The van der Waals surface area contributed by atoms with Crippen LogP contribution in [0.2, 0.25) is 0 Å². The second kappa shape index (κ2) is 10.7.